The van der Waals surface area contributed by atoms with Gasteiger partial charge in [0.15, 0.2) is 0 Å². The van der Waals surface area contributed by atoms with E-state index in [9.17, 15) is 0 Å². The van der Waals surface area contributed by atoms with Crippen molar-refractivity contribution in [3.05, 3.63) is 59.6 Å². The van der Waals surface area contributed by atoms with E-state index < -0.39 is 0 Å². The van der Waals surface area contributed by atoms with Crippen LogP contribution in [0.4, 0.5) is 0 Å². The highest BCUT2D eigenvalue weighted by atomic mass is 35.5. The van der Waals surface area contributed by atoms with Crippen LogP contribution in [0.3, 0.4) is 0 Å². The van der Waals surface area contributed by atoms with E-state index in [-0.39, 0.29) is 28.0 Å². The molecular weight excluding hydrogens is 292 g/mol. The standard InChI is InChI=1S/C10H8O2.C6H5ClO2/c11-9-3-1-7-2-4-10(12)6-8(7)5-9;7-5-2-1-4(8)3-6(5)9/h1-6,11-12H;1-3,8-9H. The summed E-state index contributed by atoms with van der Waals surface area (Å²) in [5.41, 5.74) is 0. The molecule has 0 saturated heterocycles. The van der Waals surface area contributed by atoms with Gasteiger partial charge < -0.3 is 20.4 Å². The van der Waals surface area contributed by atoms with Gasteiger partial charge >= 0.3 is 0 Å². The molecule has 0 amide bonds. The Kier molecular flexibility index (Phi) is 4.40. The average Bonchev–Trinajstić information content (AvgIpc) is 2.43. The average molecular weight is 305 g/mol. The Morgan fingerprint density at radius 2 is 1.05 bits per heavy atom. The Morgan fingerprint density at radius 1 is 0.571 bits per heavy atom. The van der Waals surface area contributed by atoms with Crippen LogP contribution in [0.5, 0.6) is 23.0 Å². The lowest BCUT2D eigenvalue weighted by molar-refractivity contribution is 0.450. The molecule has 4 nitrogen and oxygen atoms in total. The third-order valence-electron chi connectivity index (χ3n) is 2.74. The van der Waals surface area contributed by atoms with Crippen molar-refractivity contribution in [3.63, 3.8) is 0 Å². The molecule has 0 saturated carbocycles. The maximum Gasteiger partial charge on any atom is 0.137 e. The summed E-state index contributed by atoms with van der Waals surface area (Å²) >= 11 is 5.42. The van der Waals surface area contributed by atoms with Crippen LogP contribution in [0.25, 0.3) is 10.8 Å². The second-order valence-corrected chi connectivity index (χ2v) is 4.76. The van der Waals surface area contributed by atoms with E-state index in [1.54, 1.807) is 24.3 Å². The van der Waals surface area contributed by atoms with Crippen molar-refractivity contribution in [3.8, 4) is 23.0 Å². The zero-order valence-corrected chi connectivity index (χ0v) is 11.6. The van der Waals surface area contributed by atoms with E-state index in [2.05, 4.69) is 0 Å². The molecule has 108 valence electrons. The molecule has 0 heterocycles. The molecule has 3 aromatic carbocycles. The molecule has 0 spiro atoms. The largest absolute Gasteiger partial charge is 0.508 e. The SMILES string of the molecule is Oc1ccc(Cl)c(O)c1.Oc1ccc2ccc(O)cc2c1. The second-order valence-electron chi connectivity index (χ2n) is 4.35. The number of hydrogen-bond acceptors (Lipinski definition) is 4. The fraction of sp³-hybridized carbons (Fsp3) is 0. The number of halogens is 1. The molecule has 0 aliphatic rings. The van der Waals surface area contributed by atoms with Crippen LogP contribution in [-0.2, 0) is 0 Å². The van der Waals surface area contributed by atoms with Gasteiger partial charge in [0.1, 0.15) is 23.0 Å². The van der Waals surface area contributed by atoms with Crippen molar-refractivity contribution in [1.82, 2.24) is 0 Å². The quantitative estimate of drug-likeness (QED) is 0.506. The highest BCUT2D eigenvalue weighted by Crippen LogP contribution is 2.26. The number of benzene rings is 3. The summed E-state index contributed by atoms with van der Waals surface area (Å²) < 4.78 is 0. The second kappa shape index (κ2) is 6.24. The summed E-state index contributed by atoms with van der Waals surface area (Å²) in [5.74, 6) is 0.342. The van der Waals surface area contributed by atoms with Gasteiger partial charge in [-0.15, -0.1) is 0 Å². The number of phenolic OH excluding ortho intramolecular Hbond substituents is 4. The summed E-state index contributed by atoms with van der Waals surface area (Å²) in [7, 11) is 0. The van der Waals surface area contributed by atoms with Gasteiger partial charge in [0.2, 0.25) is 0 Å². The number of phenols is 4. The third-order valence-corrected chi connectivity index (χ3v) is 3.06. The van der Waals surface area contributed by atoms with Crippen LogP contribution < -0.4 is 0 Å². The minimum absolute atomic E-state index is 0.0110. The third kappa shape index (κ3) is 3.94. The zero-order valence-electron chi connectivity index (χ0n) is 10.9. The number of hydrogen-bond donors (Lipinski definition) is 4. The van der Waals surface area contributed by atoms with Crippen molar-refractivity contribution < 1.29 is 20.4 Å². The predicted octanol–water partition coefficient (Wildman–Crippen LogP) is 4.00. The van der Waals surface area contributed by atoms with Crippen molar-refractivity contribution >= 4 is 22.4 Å². The van der Waals surface area contributed by atoms with Crippen molar-refractivity contribution in [2.75, 3.05) is 0 Å². The fourth-order valence-electron chi connectivity index (χ4n) is 1.72. The molecule has 0 fully saturated rings. The van der Waals surface area contributed by atoms with E-state index in [4.69, 9.17) is 32.0 Å². The van der Waals surface area contributed by atoms with Crippen LogP contribution in [0.2, 0.25) is 5.02 Å². The molecule has 0 radical (unpaired) electrons. The molecular formula is C16H13ClO4. The fourth-order valence-corrected chi connectivity index (χ4v) is 1.84. The van der Waals surface area contributed by atoms with Crippen LogP contribution in [0, 0.1) is 0 Å². The smallest absolute Gasteiger partial charge is 0.137 e. The van der Waals surface area contributed by atoms with E-state index in [1.165, 1.54) is 18.2 Å². The van der Waals surface area contributed by atoms with Crippen molar-refractivity contribution in [2.45, 2.75) is 0 Å². The van der Waals surface area contributed by atoms with E-state index in [0.29, 0.717) is 0 Å². The Hall–Kier alpha value is -2.59. The van der Waals surface area contributed by atoms with Gasteiger partial charge in [0.25, 0.3) is 0 Å². The maximum atomic E-state index is 9.14. The van der Waals surface area contributed by atoms with Gasteiger partial charge in [-0.05, 0) is 47.2 Å². The summed E-state index contributed by atoms with van der Waals surface area (Å²) in [5, 5.41) is 37.9. The molecule has 0 aliphatic heterocycles. The topological polar surface area (TPSA) is 80.9 Å². The lowest BCUT2D eigenvalue weighted by atomic mass is 10.1. The zero-order chi connectivity index (χ0) is 15.4. The van der Waals surface area contributed by atoms with Crippen molar-refractivity contribution in [1.29, 1.82) is 0 Å². The minimum atomic E-state index is -0.100. The normalized spacial score (nSPS) is 9.95. The first-order chi connectivity index (χ1) is 9.95. The highest BCUT2D eigenvalue weighted by molar-refractivity contribution is 6.32. The maximum absolute atomic E-state index is 9.14. The Balaban J connectivity index is 0.000000161. The van der Waals surface area contributed by atoms with Gasteiger partial charge in [0.05, 0.1) is 5.02 Å². The number of fused-ring (bicyclic) bond motifs is 1. The lowest BCUT2D eigenvalue weighted by Gasteiger charge is -1.98. The van der Waals surface area contributed by atoms with Gasteiger partial charge in [0, 0.05) is 6.07 Å². The number of aromatic hydroxyl groups is 4. The first-order valence-corrected chi connectivity index (χ1v) is 6.43. The van der Waals surface area contributed by atoms with Crippen molar-refractivity contribution in [2.24, 2.45) is 0 Å². The Labute approximate surface area is 126 Å². The van der Waals surface area contributed by atoms with Crippen LogP contribution in [0.15, 0.2) is 54.6 Å². The molecule has 21 heavy (non-hydrogen) atoms. The van der Waals surface area contributed by atoms with Gasteiger partial charge in [-0.2, -0.15) is 0 Å². The first kappa shape index (κ1) is 14.8. The molecule has 0 aromatic heterocycles. The summed E-state index contributed by atoms with van der Waals surface area (Å²) in [6.45, 7) is 0. The number of rotatable bonds is 0. The highest BCUT2D eigenvalue weighted by Gasteiger charge is 1.96. The molecule has 0 unspecified atom stereocenters. The molecule has 0 atom stereocenters. The Bertz CT molecular complexity index is 735. The summed E-state index contributed by atoms with van der Waals surface area (Å²) in [6.07, 6.45) is 0. The van der Waals surface area contributed by atoms with Crippen LogP contribution in [-0.4, -0.2) is 20.4 Å². The summed E-state index contributed by atoms with van der Waals surface area (Å²) in [4.78, 5) is 0. The van der Waals surface area contributed by atoms with E-state index in [0.717, 1.165) is 10.8 Å². The summed E-state index contributed by atoms with van der Waals surface area (Å²) in [6, 6.07) is 14.1. The minimum Gasteiger partial charge on any atom is -0.508 e. The van der Waals surface area contributed by atoms with E-state index in [1.807, 2.05) is 12.1 Å². The first-order valence-electron chi connectivity index (χ1n) is 6.05. The van der Waals surface area contributed by atoms with Crippen LogP contribution >= 0.6 is 11.6 Å². The van der Waals surface area contributed by atoms with Gasteiger partial charge in [-0.25, -0.2) is 0 Å². The predicted molar refractivity (Wildman–Crippen MR) is 82.1 cm³/mol. The molecule has 3 aromatic rings. The van der Waals surface area contributed by atoms with E-state index >= 15 is 0 Å². The van der Waals surface area contributed by atoms with Gasteiger partial charge in [-0.1, -0.05) is 23.7 Å². The van der Waals surface area contributed by atoms with Crippen LogP contribution in [0.1, 0.15) is 0 Å². The molecule has 0 bridgehead atoms. The monoisotopic (exact) mass is 304 g/mol. The molecule has 5 heteroatoms. The molecule has 4 N–H and O–H groups in total. The lowest BCUT2D eigenvalue weighted by Crippen LogP contribution is -1.71. The molecule has 0 aliphatic carbocycles. The van der Waals surface area contributed by atoms with Gasteiger partial charge in [-0.3, -0.25) is 0 Å². The Morgan fingerprint density at radius 3 is 1.52 bits per heavy atom. The molecule has 3 rings (SSSR count).